The summed E-state index contributed by atoms with van der Waals surface area (Å²) in [5.41, 5.74) is 3.19. The quantitative estimate of drug-likeness (QED) is 0.647. The molecular formula is C15H15N5O2. The lowest BCUT2D eigenvalue weighted by molar-refractivity contribution is -0.113. The summed E-state index contributed by atoms with van der Waals surface area (Å²) in [6, 6.07) is 9.05. The highest BCUT2D eigenvalue weighted by Gasteiger charge is 2.09. The van der Waals surface area contributed by atoms with Crippen LogP contribution in [0.3, 0.4) is 0 Å². The molecule has 7 heteroatoms. The highest BCUT2D eigenvalue weighted by atomic mass is 16.5. The van der Waals surface area contributed by atoms with Crippen molar-refractivity contribution < 1.29 is 9.53 Å². The minimum Gasteiger partial charge on any atom is -0.494 e. The van der Waals surface area contributed by atoms with Crippen LogP contribution in [0.5, 0.6) is 5.75 Å². The molecule has 2 aromatic rings. The van der Waals surface area contributed by atoms with Crippen molar-refractivity contribution in [1.82, 2.24) is 14.9 Å². The molecule has 1 amide bonds. The summed E-state index contributed by atoms with van der Waals surface area (Å²) in [5, 5.41) is 16.2. The summed E-state index contributed by atoms with van der Waals surface area (Å²) in [4.78, 5) is 12.0. The van der Waals surface area contributed by atoms with Gasteiger partial charge >= 0.3 is 0 Å². The van der Waals surface area contributed by atoms with E-state index in [4.69, 9.17) is 10.00 Å². The van der Waals surface area contributed by atoms with E-state index in [1.807, 2.05) is 13.0 Å². The Balaban J connectivity index is 2.08. The third-order valence-corrected chi connectivity index (χ3v) is 2.68. The molecular weight excluding hydrogens is 282 g/mol. The first-order valence-electron chi connectivity index (χ1n) is 6.73. The van der Waals surface area contributed by atoms with E-state index in [1.54, 1.807) is 24.3 Å². The minimum atomic E-state index is -0.534. The van der Waals surface area contributed by atoms with Gasteiger partial charge in [0.15, 0.2) is 0 Å². The van der Waals surface area contributed by atoms with Crippen LogP contribution in [0.4, 0.5) is 0 Å². The second-order valence-corrected chi connectivity index (χ2v) is 4.40. The van der Waals surface area contributed by atoms with E-state index in [-0.39, 0.29) is 5.57 Å². The van der Waals surface area contributed by atoms with Crippen LogP contribution in [-0.4, -0.2) is 27.4 Å². The zero-order valence-corrected chi connectivity index (χ0v) is 12.1. The molecule has 0 aliphatic heterocycles. The minimum absolute atomic E-state index is 0.0177. The normalized spacial score (nSPS) is 10.8. The van der Waals surface area contributed by atoms with Crippen molar-refractivity contribution in [3.8, 4) is 11.8 Å². The summed E-state index contributed by atoms with van der Waals surface area (Å²) < 4.78 is 6.75. The lowest BCUT2D eigenvalue weighted by Gasteiger charge is -2.05. The third-order valence-electron chi connectivity index (χ3n) is 2.68. The molecule has 0 fully saturated rings. The average Bonchev–Trinajstić information content (AvgIpc) is 3.04. The summed E-state index contributed by atoms with van der Waals surface area (Å²) in [5.74, 6) is 0.222. The van der Waals surface area contributed by atoms with Gasteiger partial charge in [0.25, 0.3) is 5.91 Å². The number of hydrogen-bond acceptors (Lipinski definition) is 5. The van der Waals surface area contributed by atoms with Crippen LogP contribution in [0, 0.1) is 11.3 Å². The molecule has 0 saturated carbocycles. The summed E-state index contributed by atoms with van der Waals surface area (Å²) in [6.45, 7) is 2.69. The van der Waals surface area contributed by atoms with Gasteiger partial charge in [0.05, 0.1) is 6.61 Å². The number of rotatable bonds is 6. The maximum Gasteiger partial charge on any atom is 0.280 e. The standard InChI is InChI=1S/C15H15N5O2/c1-2-7-22-14-5-3-12(4-6-14)8-13(9-16)15(21)19-20-10-17-18-11-20/h3-6,8,10-11H,2,7H2,1H3,(H,19,21). The Morgan fingerprint density at radius 1 is 1.36 bits per heavy atom. The molecule has 0 aliphatic carbocycles. The first-order chi connectivity index (χ1) is 10.7. The topological polar surface area (TPSA) is 92.8 Å². The van der Waals surface area contributed by atoms with E-state index in [1.165, 1.54) is 23.4 Å². The molecule has 0 bridgehead atoms. The van der Waals surface area contributed by atoms with Gasteiger partial charge in [-0.3, -0.25) is 10.2 Å². The predicted octanol–water partition coefficient (Wildman–Crippen LogP) is 1.74. The number of nitrogens with one attached hydrogen (secondary N) is 1. The van der Waals surface area contributed by atoms with Crippen molar-refractivity contribution >= 4 is 12.0 Å². The maximum absolute atomic E-state index is 12.0. The zero-order valence-electron chi connectivity index (χ0n) is 12.1. The van der Waals surface area contributed by atoms with Gasteiger partial charge in [0.2, 0.25) is 0 Å². The fourth-order valence-electron chi connectivity index (χ4n) is 1.63. The molecule has 1 N–H and O–H groups in total. The molecule has 22 heavy (non-hydrogen) atoms. The van der Waals surface area contributed by atoms with Crippen molar-refractivity contribution in [2.75, 3.05) is 12.0 Å². The van der Waals surface area contributed by atoms with Gasteiger partial charge in [-0.1, -0.05) is 19.1 Å². The van der Waals surface area contributed by atoms with Gasteiger partial charge in [-0.15, -0.1) is 10.2 Å². The average molecular weight is 297 g/mol. The van der Waals surface area contributed by atoms with Crippen LogP contribution in [0.1, 0.15) is 18.9 Å². The van der Waals surface area contributed by atoms with Crippen LogP contribution >= 0.6 is 0 Å². The zero-order chi connectivity index (χ0) is 15.8. The predicted molar refractivity (Wildman–Crippen MR) is 80.2 cm³/mol. The summed E-state index contributed by atoms with van der Waals surface area (Å²) in [7, 11) is 0. The molecule has 0 unspecified atom stereocenters. The number of benzene rings is 1. The van der Waals surface area contributed by atoms with Gasteiger partial charge < -0.3 is 4.74 Å². The number of nitrogens with zero attached hydrogens (tertiary/aromatic N) is 4. The maximum atomic E-state index is 12.0. The largest absolute Gasteiger partial charge is 0.494 e. The van der Waals surface area contributed by atoms with Crippen LogP contribution < -0.4 is 10.2 Å². The Hall–Kier alpha value is -3.14. The van der Waals surface area contributed by atoms with Crippen LogP contribution in [0.15, 0.2) is 42.5 Å². The SMILES string of the molecule is CCCOc1ccc(C=C(C#N)C(=O)Nn2cnnc2)cc1. The first-order valence-corrected chi connectivity index (χ1v) is 6.73. The monoisotopic (exact) mass is 297 g/mol. The molecule has 7 nitrogen and oxygen atoms in total. The molecule has 1 aromatic carbocycles. The molecule has 0 spiro atoms. The van der Waals surface area contributed by atoms with E-state index in [0.29, 0.717) is 6.61 Å². The lowest BCUT2D eigenvalue weighted by Crippen LogP contribution is -2.22. The van der Waals surface area contributed by atoms with E-state index in [0.717, 1.165) is 17.7 Å². The van der Waals surface area contributed by atoms with Crippen LogP contribution in [-0.2, 0) is 4.79 Å². The number of carbonyl (C=O) groups is 1. The van der Waals surface area contributed by atoms with Crippen LogP contribution in [0.25, 0.3) is 6.08 Å². The molecule has 1 heterocycles. The summed E-state index contributed by atoms with van der Waals surface area (Å²) in [6.07, 6.45) is 5.09. The highest BCUT2D eigenvalue weighted by molar-refractivity contribution is 6.06. The second-order valence-electron chi connectivity index (χ2n) is 4.40. The first kappa shape index (κ1) is 15.3. The molecule has 0 atom stereocenters. The van der Waals surface area contributed by atoms with Gasteiger partial charge in [-0.25, -0.2) is 4.68 Å². The Labute approximate surface area is 127 Å². The second kappa shape index (κ2) is 7.59. The fourth-order valence-corrected chi connectivity index (χ4v) is 1.63. The van der Waals surface area contributed by atoms with E-state index < -0.39 is 5.91 Å². The van der Waals surface area contributed by atoms with E-state index in [2.05, 4.69) is 15.6 Å². The van der Waals surface area contributed by atoms with Crippen molar-refractivity contribution in [1.29, 1.82) is 5.26 Å². The number of amides is 1. The number of ether oxygens (including phenoxy) is 1. The lowest BCUT2D eigenvalue weighted by atomic mass is 10.1. The van der Waals surface area contributed by atoms with Gasteiger partial charge in [-0.05, 0) is 30.2 Å². The number of hydrogen-bond donors (Lipinski definition) is 1. The van der Waals surface area contributed by atoms with Crippen LogP contribution in [0.2, 0.25) is 0 Å². The smallest absolute Gasteiger partial charge is 0.280 e. The Bertz CT molecular complexity index is 684. The Kier molecular flexibility index (Phi) is 5.26. The number of aromatic nitrogens is 3. The number of carbonyl (C=O) groups excluding carboxylic acids is 1. The fraction of sp³-hybridized carbons (Fsp3) is 0.200. The third kappa shape index (κ3) is 4.18. The molecule has 0 radical (unpaired) electrons. The molecule has 2 rings (SSSR count). The summed E-state index contributed by atoms with van der Waals surface area (Å²) >= 11 is 0. The number of nitriles is 1. The highest BCUT2D eigenvalue weighted by Crippen LogP contribution is 2.15. The van der Waals surface area contributed by atoms with Crippen molar-refractivity contribution in [2.24, 2.45) is 0 Å². The van der Waals surface area contributed by atoms with E-state index >= 15 is 0 Å². The Morgan fingerprint density at radius 3 is 2.64 bits per heavy atom. The molecule has 1 aromatic heterocycles. The van der Waals surface area contributed by atoms with Gasteiger partial charge in [-0.2, -0.15) is 5.26 Å². The molecule has 112 valence electrons. The van der Waals surface area contributed by atoms with Gasteiger partial charge in [0.1, 0.15) is 30.0 Å². The van der Waals surface area contributed by atoms with Crippen molar-refractivity contribution in [3.63, 3.8) is 0 Å². The molecule has 0 aliphatic rings. The van der Waals surface area contributed by atoms with Crippen molar-refractivity contribution in [2.45, 2.75) is 13.3 Å². The van der Waals surface area contributed by atoms with Crippen molar-refractivity contribution in [3.05, 3.63) is 48.1 Å². The van der Waals surface area contributed by atoms with E-state index in [9.17, 15) is 4.79 Å². The molecule has 0 saturated heterocycles. The Morgan fingerprint density at radius 2 is 2.05 bits per heavy atom. The van der Waals surface area contributed by atoms with Gasteiger partial charge in [0, 0.05) is 0 Å².